The van der Waals surface area contributed by atoms with E-state index in [1.165, 1.54) is 0 Å². The first-order valence-corrected chi connectivity index (χ1v) is 8.41. The molecule has 0 radical (unpaired) electrons. The molecule has 0 aliphatic heterocycles. The van der Waals surface area contributed by atoms with Gasteiger partial charge < -0.3 is 10.6 Å². The zero-order valence-corrected chi connectivity index (χ0v) is 14.8. The van der Waals surface area contributed by atoms with Gasteiger partial charge in [0.1, 0.15) is 0 Å². The van der Waals surface area contributed by atoms with E-state index in [0.717, 1.165) is 28.1 Å². The standard InChI is InChI=1S/C20H17ClN2S/c1-14-17(21)11-7-13-18(14)22-20(24)23-19-12-6-5-10-16(19)15-8-3-2-4-9-15/h2-13H,1H3,(H2,22,23,24). The second-order valence-electron chi connectivity index (χ2n) is 5.40. The van der Waals surface area contributed by atoms with E-state index in [1.54, 1.807) is 0 Å². The highest BCUT2D eigenvalue weighted by Gasteiger charge is 2.08. The van der Waals surface area contributed by atoms with Crippen LogP contribution in [0, 0.1) is 6.92 Å². The Bertz CT molecular complexity index is 863. The number of anilines is 2. The highest BCUT2D eigenvalue weighted by atomic mass is 35.5. The van der Waals surface area contributed by atoms with E-state index >= 15 is 0 Å². The number of nitrogens with one attached hydrogen (secondary N) is 2. The van der Waals surface area contributed by atoms with E-state index in [0.29, 0.717) is 10.1 Å². The van der Waals surface area contributed by atoms with Gasteiger partial charge in [-0.15, -0.1) is 0 Å². The molecule has 24 heavy (non-hydrogen) atoms. The van der Waals surface area contributed by atoms with Crippen LogP contribution in [0.4, 0.5) is 11.4 Å². The summed E-state index contributed by atoms with van der Waals surface area (Å²) in [5.74, 6) is 0. The average molecular weight is 353 g/mol. The second-order valence-corrected chi connectivity index (χ2v) is 6.22. The first-order chi connectivity index (χ1) is 11.6. The predicted molar refractivity (Wildman–Crippen MR) is 108 cm³/mol. The number of benzene rings is 3. The number of rotatable bonds is 3. The molecule has 120 valence electrons. The molecule has 0 spiro atoms. The summed E-state index contributed by atoms with van der Waals surface area (Å²) in [6, 6.07) is 24.0. The smallest absolute Gasteiger partial charge is 0.175 e. The molecule has 2 nitrogen and oxygen atoms in total. The number of hydrogen-bond donors (Lipinski definition) is 2. The first-order valence-electron chi connectivity index (χ1n) is 7.63. The van der Waals surface area contributed by atoms with Crippen LogP contribution in [0.15, 0.2) is 72.8 Å². The molecule has 0 aromatic heterocycles. The van der Waals surface area contributed by atoms with Crippen molar-refractivity contribution in [3.8, 4) is 11.1 Å². The van der Waals surface area contributed by atoms with Crippen LogP contribution in [0.1, 0.15) is 5.56 Å². The summed E-state index contributed by atoms with van der Waals surface area (Å²) < 4.78 is 0. The highest BCUT2D eigenvalue weighted by molar-refractivity contribution is 7.80. The molecule has 0 atom stereocenters. The zero-order valence-electron chi connectivity index (χ0n) is 13.2. The lowest BCUT2D eigenvalue weighted by molar-refractivity contribution is 1.45. The Morgan fingerprint density at radius 3 is 2.21 bits per heavy atom. The minimum absolute atomic E-state index is 0.531. The van der Waals surface area contributed by atoms with Crippen molar-refractivity contribution >= 4 is 40.3 Å². The quantitative estimate of drug-likeness (QED) is 0.555. The van der Waals surface area contributed by atoms with Gasteiger partial charge in [0.05, 0.1) is 0 Å². The van der Waals surface area contributed by atoms with Crippen LogP contribution in [0.3, 0.4) is 0 Å². The van der Waals surface area contributed by atoms with Crippen molar-refractivity contribution < 1.29 is 0 Å². The van der Waals surface area contributed by atoms with Crippen molar-refractivity contribution in [1.29, 1.82) is 0 Å². The molecule has 0 aliphatic rings. The maximum absolute atomic E-state index is 6.16. The van der Waals surface area contributed by atoms with E-state index < -0.39 is 0 Å². The van der Waals surface area contributed by atoms with Crippen LogP contribution in [-0.4, -0.2) is 5.11 Å². The molecule has 2 N–H and O–H groups in total. The molecule has 3 aromatic carbocycles. The van der Waals surface area contributed by atoms with Crippen molar-refractivity contribution in [2.24, 2.45) is 0 Å². The van der Waals surface area contributed by atoms with Crippen LogP contribution in [0.25, 0.3) is 11.1 Å². The van der Waals surface area contributed by atoms with Crippen LogP contribution in [0.5, 0.6) is 0 Å². The van der Waals surface area contributed by atoms with Crippen molar-refractivity contribution in [2.45, 2.75) is 6.92 Å². The predicted octanol–water partition coefficient (Wildman–Crippen LogP) is 6.12. The SMILES string of the molecule is Cc1c(Cl)cccc1NC(=S)Nc1ccccc1-c1ccccc1. The molecule has 3 aromatic rings. The summed E-state index contributed by atoms with van der Waals surface area (Å²) in [7, 11) is 0. The Morgan fingerprint density at radius 2 is 1.42 bits per heavy atom. The Labute approximate surface area is 152 Å². The summed E-state index contributed by atoms with van der Waals surface area (Å²) in [4.78, 5) is 0. The van der Waals surface area contributed by atoms with Gasteiger partial charge in [0.25, 0.3) is 0 Å². The molecular formula is C20H17ClN2S. The van der Waals surface area contributed by atoms with Gasteiger partial charge in [-0.05, 0) is 48.5 Å². The molecule has 0 amide bonds. The van der Waals surface area contributed by atoms with Crippen LogP contribution < -0.4 is 10.6 Å². The maximum Gasteiger partial charge on any atom is 0.175 e. The summed E-state index contributed by atoms with van der Waals surface area (Å²) >= 11 is 11.6. The lowest BCUT2D eigenvalue weighted by Gasteiger charge is -2.16. The molecule has 0 heterocycles. The van der Waals surface area contributed by atoms with Crippen molar-refractivity contribution in [3.63, 3.8) is 0 Å². The third-order valence-corrected chi connectivity index (χ3v) is 4.39. The molecule has 0 aliphatic carbocycles. The maximum atomic E-state index is 6.16. The fraction of sp³-hybridized carbons (Fsp3) is 0.0500. The Hall–Kier alpha value is -2.36. The summed E-state index contributed by atoms with van der Waals surface area (Å²) in [6.07, 6.45) is 0. The molecule has 0 fully saturated rings. The van der Waals surface area contributed by atoms with Crippen LogP contribution in [0.2, 0.25) is 5.02 Å². The van der Waals surface area contributed by atoms with Crippen LogP contribution >= 0.6 is 23.8 Å². The monoisotopic (exact) mass is 352 g/mol. The number of hydrogen-bond acceptors (Lipinski definition) is 1. The number of thiocarbonyl (C=S) groups is 1. The summed E-state index contributed by atoms with van der Waals surface area (Å²) in [5.41, 5.74) is 5.07. The van der Waals surface area contributed by atoms with Gasteiger partial charge in [0.15, 0.2) is 5.11 Å². The molecule has 4 heteroatoms. The van der Waals surface area contributed by atoms with E-state index in [2.05, 4.69) is 28.8 Å². The largest absolute Gasteiger partial charge is 0.332 e. The van der Waals surface area contributed by atoms with Crippen molar-refractivity contribution in [1.82, 2.24) is 0 Å². The molecular weight excluding hydrogens is 336 g/mol. The average Bonchev–Trinajstić information content (AvgIpc) is 2.60. The Balaban J connectivity index is 1.82. The molecule has 0 bridgehead atoms. The van der Waals surface area contributed by atoms with Gasteiger partial charge >= 0.3 is 0 Å². The minimum atomic E-state index is 0.531. The molecule has 3 rings (SSSR count). The van der Waals surface area contributed by atoms with Crippen molar-refractivity contribution in [2.75, 3.05) is 10.6 Å². The topological polar surface area (TPSA) is 24.1 Å². The van der Waals surface area contributed by atoms with Gasteiger partial charge in [-0.3, -0.25) is 0 Å². The third-order valence-electron chi connectivity index (χ3n) is 3.78. The molecule has 0 unspecified atom stereocenters. The summed E-state index contributed by atoms with van der Waals surface area (Å²) in [6.45, 7) is 1.96. The minimum Gasteiger partial charge on any atom is -0.332 e. The van der Waals surface area contributed by atoms with Crippen LogP contribution in [-0.2, 0) is 0 Å². The fourth-order valence-corrected chi connectivity index (χ4v) is 2.87. The highest BCUT2D eigenvalue weighted by Crippen LogP contribution is 2.28. The molecule has 0 saturated carbocycles. The summed E-state index contributed by atoms with van der Waals surface area (Å²) in [5, 5.41) is 7.74. The Kier molecular flexibility index (Phi) is 5.14. The second kappa shape index (κ2) is 7.47. The first kappa shape index (κ1) is 16.5. The normalized spacial score (nSPS) is 10.2. The van der Waals surface area contributed by atoms with Gasteiger partial charge in [0.2, 0.25) is 0 Å². The number of halogens is 1. The van der Waals surface area contributed by atoms with Gasteiger partial charge in [-0.1, -0.05) is 66.2 Å². The lowest BCUT2D eigenvalue weighted by atomic mass is 10.0. The third kappa shape index (κ3) is 3.75. The van der Waals surface area contributed by atoms with E-state index in [1.807, 2.05) is 61.5 Å². The van der Waals surface area contributed by atoms with E-state index in [4.69, 9.17) is 23.8 Å². The lowest BCUT2D eigenvalue weighted by Crippen LogP contribution is -2.20. The Morgan fingerprint density at radius 1 is 0.792 bits per heavy atom. The fourth-order valence-electron chi connectivity index (χ4n) is 2.48. The van der Waals surface area contributed by atoms with Gasteiger partial charge in [-0.25, -0.2) is 0 Å². The van der Waals surface area contributed by atoms with Gasteiger partial charge in [-0.2, -0.15) is 0 Å². The van der Waals surface area contributed by atoms with E-state index in [9.17, 15) is 0 Å². The number of para-hydroxylation sites is 1. The van der Waals surface area contributed by atoms with Gasteiger partial charge in [0, 0.05) is 22.0 Å². The van der Waals surface area contributed by atoms with E-state index in [-0.39, 0.29) is 0 Å². The zero-order chi connectivity index (χ0) is 16.9. The van der Waals surface area contributed by atoms with Crippen molar-refractivity contribution in [3.05, 3.63) is 83.4 Å². The molecule has 0 saturated heterocycles.